The van der Waals surface area contributed by atoms with Crippen molar-refractivity contribution >= 4 is 11.9 Å². The molecule has 0 atom stereocenters. The molecule has 0 fully saturated rings. The summed E-state index contributed by atoms with van der Waals surface area (Å²) < 4.78 is 0. The second-order valence-electron chi connectivity index (χ2n) is 3.93. The molecule has 0 bridgehead atoms. The summed E-state index contributed by atoms with van der Waals surface area (Å²) in [6.45, 7) is 3.06. The van der Waals surface area contributed by atoms with Crippen LogP contribution in [0.2, 0.25) is 0 Å². The molecule has 0 aliphatic carbocycles. The lowest BCUT2D eigenvalue weighted by atomic mass is 10.1. The Kier molecular flexibility index (Phi) is 3.28. The van der Waals surface area contributed by atoms with E-state index in [0.29, 0.717) is 0 Å². The maximum Gasteiger partial charge on any atom is 0.354 e. The van der Waals surface area contributed by atoms with E-state index in [0.717, 1.165) is 6.33 Å². The van der Waals surface area contributed by atoms with Gasteiger partial charge in [-0.05, 0) is 13.8 Å². The van der Waals surface area contributed by atoms with E-state index in [9.17, 15) is 14.7 Å². The molecule has 1 aromatic heterocycles. The average molecular weight is 227 g/mol. The summed E-state index contributed by atoms with van der Waals surface area (Å²) >= 11 is 0. The van der Waals surface area contributed by atoms with Crippen LogP contribution >= 0.6 is 0 Å². The van der Waals surface area contributed by atoms with Crippen molar-refractivity contribution in [1.29, 1.82) is 0 Å². The van der Waals surface area contributed by atoms with Crippen molar-refractivity contribution in [3.05, 3.63) is 17.7 Å². The van der Waals surface area contributed by atoms with E-state index in [4.69, 9.17) is 5.11 Å². The minimum absolute atomic E-state index is 0.0117. The number of carboxylic acids is 1. The number of aromatic amines is 1. The van der Waals surface area contributed by atoms with Crippen LogP contribution in [-0.4, -0.2) is 44.2 Å². The van der Waals surface area contributed by atoms with Crippen LogP contribution in [0.5, 0.6) is 0 Å². The molecular weight excluding hydrogens is 214 g/mol. The molecular formula is C9H13N3O4. The van der Waals surface area contributed by atoms with Gasteiger partial charge in [0.05, 0.1) is 11.9 Å². The van der Waals surface area contributed by atoms with Crippen molar-refractivity contribution in [3.63, 3.8) is 0 Å². The SMILES string of the molecule is CC(C)(O)CNC(=O)c1nc[nH]c1C(=O)O. The second-order valence-corrected chi connectivity index (χ2v) is 3.93. The summed E-state index contributed by atoms with van der Waals surface area (Å²) in [4.78, 5) is 28.2. The Hall–Kier alpha value is -1.89. The van der Waals surface area contributed by atoms with Crippen molar-refractivity contribution in [3.8, 4) is 0 Å². The first-order valence-corrected chi connectivity index (χ1v) is 4.58. The third-order valence-electron chi connectivity index (χ3n) is 1.75. The summed E-state index contributed by atoms with van der Waals surface area (Å²) in [5, 5.41) is 20.5. The molecule has 0 aliphatic heterocycles. The summed E-state index contributed by atoms with van der Waals surface area (Å²) in [5.41, 5.74) is -1.53. The molecule has 0 spiro atoms. The molecule has 1 rings (SSSR count). The zero-order chi connectivity index (χ0) is 12.3. The number of hydrogen-bond acceptors (Lipinski definition) is 4. The van der Waals surface area contributed by atoms with Crippen LogP contribution in [0.15, 0.2) is 6.33 Å². The van der Waals surface area contributed by atoms with Gasteiger partial charge in [-0.25, -0.2) is 9.78 Å². The van der Waals surface area contributed by atoms with Crippen molar-refractivity contribution in [2.45, 2.75) is 19.4 Å². The van der Waals surface area contributed by atoms with Gasteiger partial charge < -0.3 is 20.5 Å². The largest absolute Gasteiger partial charge is 0.477 e. The molecule has 0 aliphatic rings. The topological polar surface area (TPSA) is 115 Å². The molecule has 1 aromatic rings. The molecule has 4 N–H and O–H groups in total. The molecule has 0 radical (unpaired) electrons. The van der Waals surface area contributed by atoms with E-state index < -0.39 is 17.5 Å². The standard InChI is InChI=1S/C9H13N3O4/c1-9(2,16)3-10-7(13)5-6(8(14)15)12-4-11-5/h4,16H,3H2,1-2H3,(H,10,13)(H,11,12)(H,14,15). The summed E-state index contributed by atoms with van der Waals surface area (Å²) in [6, 6.07) is 0. The van der Waals surface area contributed by atoms with Gasteiger partial charge in [-0.15, -0.1) is 0 Å². The minimum atomic E-state index is -1.26. The lowest BCUT2D eigenvalue weighted by Gasteiger charge is -2.17. The van der Waals surface area contributed by atoms with E-state index >= 15 is 0 Å². The Labute approximate surface area is 91.5 Å². The van der Waals surface area contributed by atoms with Crippen molar-refractivity contribution in [2.75, 3.05) is 6.54 Å². The molecule has 0 saturated carbocycles. The third-order valence-corrected chi connectivity index (χ3v) is 1.75. The molecule has 0 aromatic carbocycles. The highest BCUT2D eigenvalue weighted by molar-refractivity contribution is 6.02. The molecule has 7 heteroatoms. The monoisotopic (exact) mass is 227 g/mol. The summed E-state index contributed by atoms with van der Waals surface area (Å²) in [7, 11) is 0. The van der Waals surface area contributed by atoms with Crippen LogP contribution in [0.25, 0.3) is 0 Å². The van der Waals surface area contributed by atoms with Crippen molar-refractivity contribution < 1.29 is 19.8 Å². The van der Waals surface area contributed by atoms with Gasteiger partial charge in [-0.2, -0.15) is 0 Å². The number of hydrogen-bond donors (Lipinski definition) is 4. The highest BCUT2D eigenvalue weighted by Crippen LogP contribution is 2.04. The van der Waals surface area contributed by atoms with Gasteiger partial charge in [0.15, 0.2) is 11.4 Å². The number of imidazole rings is 1. The van der Waals surface area contributed by atoms with Crippen LogP contribution in [0.3, 0.4) is 0 Å². The van der Waals surface area contributed by atoms with Crippen LogP contribution in [0, 0.1) is 0 Å². The van der Waals surface area contributed by atoms with Gasteiger partial charge in [0, 0.05) is 6.54 Å². The fourth-order valence-corrected chi connectivity index (χ4v) is 1.01. The molecule has 16 heavy (non-hydrogen) atoms. The molecule has 1 amide bonds. The van der Waals surface area contributed by atoms with Crippen LogP contribution in [0.4, 0.5) is 0 Å². The number of aliphatic hydroxyl groups is 1. The lowest BCUT2D eigenvalue weighted by molar-refractivity contribution is 0.0668. The predicted octanol–water partition coefficient (Wildman–Crippen LogP) is -0.391. The Bertz CT molecular complexity index is 405. The molecule has 1 heterocycles. The predicted molar refractivity (Wildman–Crippen MR) is 54.2 cm³/mol. The van der Waals surface area contributed by atoms with Crippen LogP contribution < -0.4 is 5.32 Å². The lowest BCUT2D eigenvalue weighted by Crippen LogP contribution is -2.38. The Morgan fingerprint density at radius 3 is 2.69 bits per heavy atom. The normalized spacial score (nSPS) is 11.2. The fraction of sp³-hybridized carbons (Fsp3) is 0.444. The van der Waals surface area contributed by atoms with Gasteiger partial charge >= 0.3 is 5.97 Å². The summed E-state index contributed by atoms with van der Waals surface area (Å²) in [6.07, 6.45) is 1.13. The Balaban J connectivity index is 2.74. The maximum absolute atomic E-state index is 11.5. The smallest absolute Gasteiger partial charge is 0.354 e. The number of aromatic nitrogens is 2. The first kappa shape index (κ1) is 12.2. The van der Waals surface area contributed by atoms with Gasteiger partial charge in [-0.1, -0.05) is 0 Å². The fourth-order valence-electron chi connectivity index (χ4n) is 1.01. The van der Waals surface area contributed by atoms with E-state index in [2.05, 4.69) is 15.3 Å². The van der Waals surface area contributed by atoms with E-state index in [1.807, 2.05) is 0 Å². The summed E-state index contributed by atoms with van der Waals surface area (Å²) in [5.74, 6) is -1.90. The number of amides is 1. The average Bonchev–Trinajstić information content (AvgIpc) is 2.61. The Morgan fingerprint density at radius 1 is 1.56 bits per heavy atom. The van der Waals surface area contributed by atoms with E-state index in [1.54, 1.807) is 0 Å². The van der Waals surface area contributed by atoms with Crippen molar-refractivity contribution in [1.82, 2.24) is 15.3 Å². The van der Waals surface area contributed by atoms with Gasteiger partial charge in [0.1, 0.15) is 0 Å². The number of aromatic carboxylic acids is 1. The maximum atomic E-state index is 11.5. The van der Waals surface area contributed by atoms with Crippen LogP contribution in [-0.2, 0) is 0 Å². The number of carbonyl (C=O) groups excluding carboxylic acids is 1. The minimum Gasteiger partial charge on any atom is -0.477 e. The number of nitrogens with zero attached hydrogens (tertiary/aromatic N) is 1. The van der Waals surface area contributed by atoms with Gasteiger partial charge in [-0.3, -0.25) is 4.79 Å². The molecule has 88 valence electrons. The number of nitrogens with one attached hydrogen (secondary N) is 2. The molecule has 0 saturated heterocycles. The third kappa shape index (κ3) is 3.06. The highest BCUT2D eigenvalue weighted by Gasteiger charge is 2.21. The zero-order valence-electron chi connectivity index (χ0n) is 8.94. The number of carboxylic acid groups (broad SMARTS) is 1. The van der Waals surface area contributed by atoms with E-state index in [1.165, 1.54) is 13.8 Å². The first-order chi connectivity index (χ1) is 7.31. The Morgan fingerprint density at radius 2 is 2.19 bits per heavy atom. The van der Waals surface area contributed by atoms with E-state index in [-0.39, 0.29) is 17.9 Å². The second kappa shape index (κ2) is 4.31. The zero-order valence-corrected chi connectivity index (χ0v) is 8.94. The molecule has 7 nitrogen and oxygen atoms in total. The number of H-pyrrole nitrogens is 1. The van der Waals surface area contributed by atoms with Crippen LogP contribution in [0.1, 0.15) is 34.8 Å². The van der Waals surface area contributed by atoms with Gasteiger partial charge in [0.25, 0.3) is 5.91 Å². The van der Waals surface area contributed by atoms with Gasteiger partial charge in [0.2, 0.25) is 0 Å². The highest BCUT2D eigenvalue weighted by atomic mass is 16.4. The quantitative estimate of drug-likeness (QED) is 0.559. The van der Waals surface area contributed by atoms with Crippen molar-refractivity contribution in [2.24, 2.45) is 0 Å². The number of carbonyl (C=O) groups is 2. The first-order valence-electron chi connectivity index (χ1n) is 4.58. The molecule has 0 unspecified atom stereocenters. The number of rotatable bonds is 4.